The number of ether oxygens (including phenoxy) is 1. The van der Waals surface area contributed by atoms with Crippen molar-refractivity contribution < 1.29 is 14.6 Å². The van der Waals surface area contributed by atoms with E-state index >= 15 is 0 Å². The standard InChI is InChI=1S/C15H30N2O3/c1-11(16-12(2)10-18)9-13-7-6-8-17(13)14(19)20-15(3,4)5/h11-13,16,18H,6-10H2,1-5H3. The van der Waals surface area contributed by atoms with Gasteiger partial charge in [0.1, 0.15) is 5.60 Å². The highest BCUT2D eigenvalue weighted by molar-refractivity contribution is 5.68. The van der Waals surface area contributed by atoms with Crippen LogP contribution in [-0.4, -0.2) is 53.0 Å². The van der Waals surface area contributed by atoms with E-state index in [0.717, 1.165) is 25.8 Å². The van der Waals surface area contributed by atoms with Crippen LogP contribution >= 0.6 is 0 Å². The van der Waals surface area contributed by atoms with E-state index in [2.05, 4.69) is 12.2 Å². The van der Waals surface area contributed by atoms with Crippen LogP contribution < -0.4 is 5.32 Å². The lowest BCUT2D eigenvalue weighted by Gasteiger charge is -2.30. The van der Waals surface area contributed by atoms with Crippen LogP contribution in [0.4, 0.5) is 4.79 Å². The van der Waals surface area contributed by atoms with E-state index in [0.29, 0.717) is 0 Å². The van der Waals surface area contributed by atoms with E-state index in [1.54, 1.807) is 0 Å². The van der Waals surface area contributed by atoms with E-state index in [1.165, 1.54) is 0 Å². The van der Waals surface area contributed by atoms with Crippen LogP contribution in [-0.2, 0) is 4.74 Å². The lowest BCUT2D eigenvalue weighted by Crippen LogP contribution is -2.44. The first-order valence-electron chi connectivity index (χ1n) is 7.59. The quantitative estimate of drug-likeness (QED) is 0.813. The number of aliphatic hydroxyl groups excluding tert-OH is 1. The van der Waals surface area contributed by atoms with E-state index in [-0.39, 0.29) is 30.8 Å². The molecule has 1 saturated heterocycles. The molecule has 5 heteroatoms. The fourth-order valence-electron chi connectivity index (χ4n) is 2.66. The maximum Gasteiger partial charge on any atom is 0.410 e. The zero-order chi connectivity index (χ0) is 15.3. The van der Waals surface area contributed by atoms with Gasteiger partial charge in [0.25, 0.3) is 0 Å². The summed E-state index contributed by atoms with van der Waals surface area (Å²) >= 11 is 0. The largest absolute Gasteiger partial charge is 0.444 e. The zero-order valence-electron chi connectivity index (χ0n) is 13.5. The first-order valence-corrected chi connectivity index (χ1v) is 7.59. The molecule has 1 heterocycles. The summed E-state index contributed by atoms with van der Waals surface area (Å²) in [6.45, 7) is 10.6. The number of likely N-dealkylation sites (tertiary alicyclic amines) is 1. The molecule has 0 radical (unpaired) electrons. The predicted octanol–water partition coefficient (Wildman–Crippen LogP) is 2.13. The summed E-state index contributed by atoms with van der Waals surface area (Å²) in [6.07, 6.45) is 2.75. The van der Waals surface area contributed by atoms with Gasteiger partial charge < -0.3 is 20.1 Å². The zero-order valence-corrected chi connectivity index (χ0v) is 13.5. The first-order chi connectivity index (χ1) is 9.23. The van der Waals surface area contributed by atoms with Crippen LogP contribution in [0.5, 0.6) is 0 Å². The van der Waals surface area contributed by atoms with E-state index in [4.69, 9.17) is 9.84 Å². The van der Waals surface area contributed by atoms with Crippen molar-refractivity contribution in [2.24, 2.45) is 0 Å². The van der Waals surface area contributed by atoms with Gasteiger partial charge in [0, 0.05) is 24.7 Å². The number of carbonyl (C=O) groups excluding carboxylic acids is 1. The normalized spacial score (nSPS) is 22.7. The van der Waals surface area contributed by atoms with Crippen LogP contribution in [0.3, 0.4) is 0 Å². The average Bonchev–Trinajstić information content (AvgIpc) is 2.74. The van der Waals surface area contributed by atoms with Crippen LogP contribution in [0.25, 0.3) is 0 Å². The van der Waals surface area contributed by atoms with Crippen LogP contribution in [0.2, 0.25) is 0 Å². The van der Waals surface area contributed by atoms with Crippen molar-refractivity contribution in [1.29, 1.82) is 0 Å². The van der Waals surface area contributed by atoms with Gasteiger partial charge >= 0.3 is 6.09 Å². The molecule has 1 rings (SSSR count). The predicted molar refractivity (Wildman–Crippen MR) is 79.7 cm³/mol. The van der Waals surface area contributed by atoms with Gasteiger partial charge in [0.15, 0.2) is 0 Å². The number of amides is 1. The molecule has 1 fully saturated rings. The third kappa shape index (κ3) is 5.67. The fourth-order valence-corrected chi connectivity index (χ4v) is 2.66. The smallest absolute Gasteiger partial charge is 0.410 e. The number of hydrogen-bond acceptors (Lipinski definition) is 4. The minimum absolute atomic E-state index is 0.0846. The summed E-state index contributed by atoms with van der Waals surface area (Å²) in [5.41, 5.74) is -0.445. The number of nitrogens with one attached hydrogen (secondary N) is 1. The molecule has 0 saturated carbocycles. The summed E-state index contributed by atoms with van der Waals surface area (Å²) in [6, 6.07) is 0.588. The molecule has 1 amide bonds. The van der Waals surface area contributed by atoms with Crippen molar-refractivity contribution >= 4 is 6.09 Å². The molecule has 3 atom stereocenters. The summed E-state index contributed by atoms with van der Waals surface area (Å²) in [5.74, 6) is 0. The van der Waals surface area contributed by atoms with Crippen molar-refractivity contribution in [2.45, 2.75) is 77.6 Å². The molecule has 0 aromatic heterocycles. The van der Waals surface area contributed by atoms with Crippen molar-refractivity contribution in [1.82, 2.24) is 10.2 Å². The van der Waals surface area contributed by atoms with Crippen molar-refractivity contribution in [3.8, 4) is 0 Å². The van der Waals surface area contributed by atoms with Crippen LogP contribution in [0.15, 0.2) is 0 Å². The summed E-state index contributed by atoms with van der Waals surface area (Å²) in [7, 11) is 0. The average molecular weight is 286 g/mol. The molecule has 0 spiro atoms. The van der Waals surface area contributed by atoms with Gasteiger partial charge in [-0.05, 0) is 53.9 Å². The number of rotatable bonds is 5. The molecule has 1 aliphatic heterocycles. The second-order valence-electron chi connectivity index (χ2n) is 6.86. The van der Waals surface area contributed by atoms with Gasteiger partial charge in [0.2, 0.25) is 0 Å². The summed E-state index contributed by atoms with van der Waals surface area (Å²) < 4.78 is 5.46. The highest BCUT2D eigenvalue weighted by Gasteiger charge is 2.32. The Bertz CT molecular complexity index is 315. The van der Waals surface area contributed by atoms with Gasteiger partial charge in [-0.1, -0.05) is 0 Å². The summed E-state index contributed by atoms with van der Waals surface area (Å²) in [5, 5.41) is 12.4. The maximum absolute atomic E-state index is 12.2. The number of aliphatic hydroxyl groups is 1. The Morgan fingerprint density at radius 3 is 2.60 bits per heavy atom. The third-order valence-electron chi connectivity index (χ3n) is 3.47. The van der Waals surface area contributed by atoms with E-state index in [9.17, 15) is 4.79 Å². The topological polar surface area (TPSA) is 61.8 Å². The molecule has 5 nitrogen and oxygen atoms in total. The molecule has 2 N–H and O–H groups in total. The molecular weight excluding hydrogens is 256 g/mol. The summed E-state index contributed by atoms with van der Waals surface area (Å²) in [4.78, 5) is 14.0. The Labute approximate surface area is 122 Å². The van der Waals surface area contributed by atoms with Crippen molar-refractivity contribution in [3.63, 3.8) is 0 Å². The van der Waals surface area contributed by atoms with Crippen molar-refractivity contribution in [3.05, 3.63) is 0 Å². The minimum atomic E-state index is -0.445. The number of carbonyl (C=O) groups is 1. The van der Waals surface area contributed by atoms with Gasteiger partial charge in [-0.2, -0.15) is 0 Å². The van der Waals surface area contributed by atoms with Gasteiger partial charge in [-0.15, -0.1) is 0 Å². The maximum atomic E-state index is 12.2. The Morgan fingerprint density at radius 2 is 2.05 bits per heavy atom. The SMILES string of the molecule is CC(CO)NC(C)CC1CCCN1C(=O)OC(C)(C)C. The van der Waals surface area contributed by atoms with Gasteiger partial charge in [-0.3, -0.25) is 0 Å². The monoisotopic (exact) mass is 286 g/mol. The highest BCUT2D eigenvalue weighted by Crippen LogP contribution is 2.24. The third-order valence-corrected chi connectivity index (χ3v) is 3.47. The molecule has 20 heavy (non-hydrogen) atoms. The molecule has 0 bridgehead atoms. The lowest BCUT2D eigenvalue weighted by atomic mass is 10.1. The number of nitrogens with zero attached hydrogens (tertiary/aromatic N) is 1. The Morgan fingerprint density at radius 1 is 1.40 bits per heavy atom. The molecular formula is C15H30N2O3. The first kappa shape index (κ1) is 17.2. The molecule has 0 aliphatic carbocycles. The molecule has 118 valence electrons. The second-order valence-corrected chi connectivity index (χ2v) is 6.86. The Hall–Kier alpha value is -0.810. The van der Waals surface area contributed by atoms with Crippen molar-refractivity contribution in [2.75, 3.05) is 13.2 Å². The number of hydrogen-bond donors (Lipinski definition) is 2. The molecule has 0 aromatic rings. The fraction of sp³-hybridized carbons (Fsp3) is 0.933. The minimum Gasteiger partial charge on any atom is -0.444 e. The Balaban J connectivity index is 2.50. The molecule has 3 unspecified atom stereocenters. The second kappa shape index (κ2) is 7.27. The van der Waals surface area contributed by atoms with Gasteiger partial charge in [0.05, 0.1) is 6.61 Å². The van der Waals surface area contributed by atoms with Crippen LogP contribution in [0, 0.1) is 0 Å². The van der Waals surface area contributed by atoms with E-state index < -0.39 is 5.60 Å². The molecule has 1 aliphatic rings. The Kier molecular flexibility index (Phi) is 6.27. The lowest BCUT2D eigenvalue weighted by molar-refractivity contribution is 0.0213. The molecule has 0 aromatic carbocycles. The van der Waals surface area contributed by atoms with E-state index in [1.807, 2.05) is 32.6 Å². The highest BCUT2D eigenvalue weighted by atomic mass is 16.6. The van der Waals surface area contributed by atoms with Crippen LogP contribution in [0.1, 0.15) is 53.9 Å². The van der Waals surface area contributed by atoms with Gasteiger partial charge in [-0.25, -0.2) is 4.79 Å².